The number of aromatic nitrogens is 1. The summed E-state index contributed by atoms with van der Waals surface area (Å²) in [6.45, 7) is 4.13. The van der Waals surface area contributed by atoms with Crippen molar-refractivity contribution in [3.63, 3.8) is 0 Å². The van der Waals surface area contributed by atoms with Crippen LogP contribution >= 0.6 is 11.3 Å². The van der Waals surface area contributed by atoms with Gasteiger partial charge in [0.25, 0.3) is 5.91 Å². The van der Waals surface area contributed by atoms with Crippen LogP contribution in [0.1, 0.15) is 35.9 Å². The van der Waals surface area contributed by atoms with E-state index in [0.717, 1.165) is 10.2 Å². The van der Waals surface area contributed by atoms with Crippen LogP contribution in [-0.2, 0) is 0 Å². The molecule has 0 saturated carbocycles. The smallest absolute Gasteiger partial charge is 0.272 e. The molecule has 4 nitrogen and oxygen atoms in total. The van der Waals surface area contributed by atoms with Crippen LogP contribution in [-0.4, -0.2) is 10.5 Å². The highest BCUT2D eigenvalue weighted by Crippen LogP contribution is 2.28. The van der Waals surface area contributed by atoms with Crippen LogP contribution in [0.5, 0.6) is 0 Å². The topological polar surface area (TPSA) is 57.8 Å². The van der Waals surface area contributed by atoms with Gasteiger partial charge in [-0.15, -0.1) is 11.3 Å². The van der Waals surface area contributed by atoms with Gasteiger partial charge in [-0.05, 0) is 55.6 Å². The summed E-state index contributed by atoms with van der Waals surface area (Å²) >= 11 is 1.63. The summed E-state index contributed by atoms with van der Waals surface area (Å²) in [5, 5.41) is 13.7. The molecule has 110 valence electrons. The Morgan fingerprint density at radius 1 is 1.27 bits per heavy atom. The second-order valence-corrected chi connectivity index (χ2v) is 6.25. The van der Waals surface area contributed by atoms with Gasteiger partial charge in [0, 0.05) is 11.7 Å². The number of amides is 1. The lowest BCUT2D eigenvalue weighted by Crippen LogP contribution is -2.18. The molecule has 3 aromatic rings. The van der Waals surface area contributed by atoms with Crippen molar-refractivity contribution in [2.75, 3.05) is 5.32 Å². The van der Waals surface area contributed by atoms with E-state index in [-0.39, 0.29) is 11.9 Å². The van der Waals surface area contributed by atoms with Crippen LogP contribution in [0.15, 0.2) is 41.8 Å². The number of nitriles is 1. The number of nitrogens with one attached hydrogen (secondary N) is 1. The van der Waals surface area contributed by atoms with Crippen LogP contribution in [0.3, 0.4) is 0 Å². The number of anilines is 1. The summed E-state index contributed by atoms with van der Waals surface area (Å²) in [4.78, 5) is 12.6. The fourth-order valence-corrected chi connectivity index (χ4v) is 3.31. The highest BCUT2D eigenvalue weighted by molar-refractivity contribution is 7.17. The molecule has 2 heterocycles. The summed E-state index contributed by atoms with van der Waals surface area (Å²) < 4.78 is 3.16. The Morgan fingerprint density at radius 3 is 2.64 bits per heavy atom. The fourth-order valence-electron chi connectivity index (χ4n) is 2.50. The maximum Gasteiger partial charge on any atom is 0.272 e. The number of thiophene rings is 1. The lowest BCUT2D eigenvalue weighted by molar-refractivity contribution is 0.101. The molecule has 1 N–H and O–H groups in total. The maximum atomic E-state index is 12.6. The van der Waals surface area contributed by atoms with Crippen molar-refractivity contribution < 1.29 is 4.79 Å². The van der Waals surface area contributed by atoms with Crippen molar-refractivity contribution in [2.24, 2.45) is 0 Å². The molecular weight excluding hydrogens is 294 g/mol. The quantitative estimate of drug-likeness (QED) is 0.779. The number of hydrogen-bond acceptors (Lipinski definition) is 3. The number of carbonyl (C=O) groups excluding carboxylic acids is 1. The molecule has 0 aliphatic rings. The van der Waals surface area contributed by atoms with Gasteiger partial charge in [0.1, 0.15) is 5.69 Å². The monoisotopic (exact) mass is 309 g/mol. The predicted octanol–water partition coefficient (Wildman–Crippen LogP) is 4.41. The molecule has 0 saturated heterocycles. The van der Waals surface area contributed by atoms with Gasteiger partial charge in [-0.25, -0.2) is 0 Å². The van der Waals surface area contributed by atoms with Gasteiger partial charge >= 0.3 is 0 Å². The number of benzene rings is 1. The first-order valence-corrected chi connectivity index (χ1v) is 7.88. The molecule has 0 aliphatic heterocycles. The minimum absolute atomic E-state index is 0.137. The lowest BCUT2D eigenvalue weighted by atomic mass is 10.2. The minimum atomic E-state index is -0.137. The van der Waals surface area contributed by atoms with Gasteiger partial charge in [0.2, 0.25) is 0 Å². The summed E-state index contributed by atoms with van der Waals surface area (Å²) in [6, 6.07) is 13.1. The highest BCUT2D eigenvalue weighted by atomic mass is 32.1. The summed E-state index contributed by atoms with van der Waals surface area (Å²) in [5.41, 5.74) is 3.00. The Balaban J connectivity index is 1.93. The SMILES string of the molecule is CC(C)n1c(C(=O)Nc2ccc(C#N)cc2)cc2sccc21. The molecule has 0 atom stereocenters. The average molecular weight is 309 g/mol. The summed E-state index contributed by atoms with van der Waals surface area (Å²) in [6.07, 6.45) is 0. The van der Waals surface area contributed by atoms with Crippen LogP contribution in [0.25, 0.3) is 10.2 Å². The zero-order valence-electron chi connectivity index (χ0n) is 12.3. The third-order valence-electron chi connectivity index (χ3n) is 3.48. The molecule has 0 aliphatic carbocycles. The molecule has 0 bridgehead atoms. The molecule has 0 unspecified atom stereocenters. The molecule has 5 heteroatoms. The molecule has 1 aromatic carbocycles. The Labute approximate surface area is 132 Å². The number of hydrogen-bond donors (Lipinski definition) is 1. The Kier molecular flexibility index (Phi) is 3.70. The third-order valence-corrected chi connectivity index (χ3v) is 4.33. The standard InChI is InChI=1S/C17H15N3OS/c1-11(2)20-14-7-8-22-16(14)9-15(20)17(21)19-13-5-3-12(10-18)4-6-13/h3-9,11H,1-2H3,(H,19,21). The van der Waals surface area contributed by atoms with Crippen LogP contribution in [0.2, 0.25) is 0 Å². The maximum absolute atomic E-state index is 12.6. The van der Waals surface area contributed by atoms with Crippen LogP contribution in [0, 0.1) is 11.3 Å². The second kappa shape index (κ2) is 5.66. The third kappa shape index (κ3) is 2.49. The van der Waals surface area contributed by atoms with Gasteiger partial charge in [0.15, 0.2) is 0 Å². The van der Waals surface area contributed by atoms with Crippen LogP contribution in [0.4, 0.5) is 5.69 Å². The van der Waals surface area contributed by atoms with Gasteiger partial charge in [-0.3, -0.25) is 4.79 Å². The Hall–Kier alpha value is -2.58. The predicted molar refractivity (Wildman–Crippen MR) is 89.3 cm³/mol. The van der Waals surface area contributed by atoms with E-state index in [0.29, 0.717) is 16.9 Å². The van der Waals surface area contributed by atoms with Gasteiger partial charge in [-0.1, -0.05) is 0 Å². The molecule has 2 aromatic heterocycles. The highest BCUT2D eigenvalue weighted by Gasteiger charge is 2.18. The van der Waals surface area contributed by atoms with E-state index in [1.807, 2.05) is 22.1 Å². The second-order valence-electron chi connectivity index (χ2n) is 5.31. The van der Waals surface area contributed by atoms with E-state index in [9.17, 15) is 4.79 Å². The van der Waals surface area contributed by atoms with Crippen molar-refractivity contribution in [2.45, 2.75) is 19.9 Å². The first-order valence-electron chi connectivity index (χ1n) is 7.00. The summed E-state index contributed by atoms with van der Waals surface area (Å²) in [5.74, 6) is -0.137. The van der Waals surface area contributed by atoms with E-state index in [2.05, 4.69) is 25.2 Å². The molecule has 0 spiro atoms. The average Bonchev–Trinajstić information content (AvgIpc) is 3.07. The van der Waals surface area contributed by atoms with Crippen molar-refractivity contribution in [1.82, 2.24) is 4.57 Å². The van der Waals surface area contributed by atoms with E-state index < -0.39 is 0 Å². The first-order chi connectivity index (χ1) is 10.6. The summed E-state index contributed by atoms with van der Waals surface area (Å²) in [7, 11) is 0. The van der Waals surface area contributed by atoms with Crippen molar-refractivity contribution in [1.29, 1.82) is 5.26 Å². The van der Waals surface area contributed by atoms with Gasteiger partial charge in [-0.2, -0.15) is 5.26 Å². The van der Waals surface area contributed by atoms with E-state index in [1.54, 1.807) is 35.6 Å². The Morgan fingerprint density at radius 2 is 2.00 bits per heavy atom. The van der Waals surface area contributed by atoms with Crippen molar-refractivity contribution >= 4 is 33.1 Å². The zero-order valence-corrected chi connectivity index (χ0v) is 13.1. The minimum Gasteiger partial charge on any atom is -0.333 e. The van der Waals surface area contributed by atoms with E-state index >= 15 is 0 Å². The molecular formula is C17H15N3OS. The fraction of sp³-hybridized carbons (Fsp3) is 0.176. The number of fused-ring (bicyclic) bond motifs is 1. The first kappa shape index (κ1) is 14.4. The molecule has 0 fully saturated rings. The van der Waals surface area contributed by atoms with E-state index in [1.165, 1.54) is 0 Å². The molecule has 0 radical (unpaired) electrons. The van der Waals surface area contributed by atoms with E-state index in [4.69, 9.17) is 5.26 Å². The number of rotatable bonds is 3. The zero-order chi connectivity index (χ0) is 15.7. The number of nitrogens with zero attached hydrogens (tertiary/aromatic N) is 2. The van der Waals surface area contributed by atoms with Crippen LogP contribution < -0.4 is 5.32 Å². The normalized spacial score (nSPS) is 10.8. The van der Waals surface area contributed by atoms with Gasteiger partial charge < -0.3 is 9.88 Å². The molecule has 22 heavy (non-hydrogen) atoms. The lowest BCUT2D eigenvalue weighted by Gasteiger charge is -2.14. The van der Waals surface area contributed by atoms with Crippen molar-refractivity contribution in [3.8, 4) is 6.07 Å². The molecule has 3 rings (SSSR count). The largest absolute Gasteiger partial charge is 0.333 e. The molecule has 1 amide bonds. The number of carbonyl (C=O) groups is 1. The van der Waals surface area contributed by atoms with Gasteiger partial charge in [0.05, 0.1) is 21.8 Å². The van der Waals surface area contributed by atoms with Crippen molar-refractivity contribution in [3.05, 3.63) is 53.0 Å². The Bertz CT molecular complexity index is 866.